The average molecular weight is 543 g/mol. The molecule has 2 aliphatic heterocycles. The molecule has 2 aromatic rings. The summed E-state index contributed by atoms with van der Waals surface area (Å²) in [6.45, 7) is 6.52. The lowest BCUT2D eigenvalue weighted by atomic mass is 9.82. The molecule has 5 N–H and O–H groups in total. The quantitative estimate of drug-likeness (QED) is 0.408. The second-order valence-electron chi connectivity index (χ2n) is 10.2. The Morgan fingerprint density at radius 3 is 2.47 bits per heavy atom. The molecule has 0 spiro atoms. The van der Waals surface area contributed by atoms with Gasteiger partial charge in [-0.05, 0) is 75.7 Å². The number of hydrogen-bond acceptors (Lipinski definition) is 6. The highest BCUT2D eigenvalue weighted by molar-refractivity contribution is 6.34. The van der Waals surface area contributed by atoms with Crippen LogP contribution in [0, 0.1) is 5.82 Å². The Morgan fingerprint density at radius 1 is 1.16 bits per heavy atom. The van der Waals surface area contributed by atoms with Crippen molar-refractivity contribution in [2.24, 2.45) is 10.7 Å². The predicted octanol–water partition coefficient (Wildman–Crippen LogP) is 2.79. The summed E-state index contributed by atoms with van der Waals surface area (Å²) >= 11 is 5.98. The number of likely N-dealkylation sites (tertiary alicyclic amines) is 1. The summed E-state index contributed by atoms with van der Waals surface area (Å²) in [6, 6.07) is 8.70. The molecule has 2 aromatic carbocycles. The lowest BCUT2D eigenvalue weighted by molar-refractivity contribution is -0.132. The normalized spacial score (nSPS) is 21.5. The van der Waals surface area contributed by atoms with Crippen molar-refractivity contribution < 1.29 is 18.8 Å². The number of anilines is 1. The van der Waals surface area contributed by atoms with Crippen LogP contribution < -0.4 is 21.7 Å². The maximum absolute atomic E-state index is 13.3. The fourth-order valence-electron chi connectivity index (χ4n) is 4.96. The number of nitrogens with two attached hydrogens (primary N) is 1. The molecule has 202 valence electrons. The number of primary amides is 1. The SMILES string of the molecule is CC(C)(CNC(=O)C1N=CNC1(C(N)=O)c1ccc(NC(=O)c2ccc(F)cc2Cl)cc1)N1CCCCC1. The van der Waals surface area contributed by atoms with Crippen molar-refractivity contribution in [3.8, 4) is 0 Å². The summed E-state index contributed by atoms with van der Waals surface area (Å²) in [5, 5.41) is 8.53. The summed E-state index contributed by atoms with van der Waals surface area (Å²) in [4.78, 5) is 45.3. The molecule has 2 atom stereocenters. The number of hydrogen-bond donors (Lipinski definition) is 4. The van der Waals surface area contributed by atoms with Gasteiger partial charge < -0.3 is 21.7 Å². The van der Waals surface area contributed by atoms with Crippen LogP contribution >= 0.6 is 11.6 Å². The van der Waals surface area contributed by atoms with Crippen LogP contribution in [0.3, 0.4) is 0 Å². The van der Waals surface area contributed by atoms with E-state index in [2.05, 4.69) is 39.7 Å². The Balaban J connectivity index is 1.49. The molecule has 4 rings (SSSR count). The van der Waals surface area contributed by atoms with Gasteiger partial charge in [-0.15, -0.1) is 0 Å². The van der Waals surface area contributed by atoms with Crippen molar-refractivity contribution in [1.82, 2.24) is 15.5 Å². The van der Waals surface area contributed by atoms with E-state index in [-0.39, 0.29) is 16.1 Å². The summed E-state index contributed by atoms with van der Waals surface area (Å²) < 4.78 is 13.3. The fraction of sp³-hybridized carbons (Fsp3) is 0.407. The van der Waals surface area contributed by atoms with Crippen molar-refractivity contribution >= 4 is 41.3 Å². The Labute approximate surface area is 226 Å². The largest absolute Gasteiger partial charge is 0.367 e. The van der Waals surface area contributed by atoms with E-state index in [0.29, 0.717) is 17.8 Å². The van der Waals surface area contributed by atoms with Crippen molar-refractivity contribution in [3.05, 3.63) is 64.4 Å². The number of halogens is 2. The summed E-state index contributed by atoms with van der Waals surface area (Å²) in [7, 11) is 0. The molecular weight excluding hydrogens is 511 g/mol. The van der Waals surface area contributed by atoms with E-state index in [1.807, 2.05) is 0 Å². The van der Waals surface area contributed by atoms with Crippen molar-refractivity contribution in [2.75, 3.05) is 25.0 Å². The van der Waals surface area contributed by atoms with Crippen LogP contribution in [0.1, 0.15) is 49.0 Å². The minimum Gasteiger partial charge on any atom is -0.367 e. The Bertz CT molecular complexity index is 1250. The lowest BCUT2D eigenvalue weighted by Gasteiger charge is -2.41. The van der Waals surface area contributed by atoms with Crippen molar-refractivity contribution in [3.63, 3.8) is 0 Å². The van der Waals surface area contributed by atoms with Gasteiger partial charge in [0.05, 0.1) is 16.9 Å². The number of nitrogens with one attached hydrogen (secondary N) is 3. The van der Waals surface area contributed by atoms with Crippen LogP contribution in [-0.2, 0) is 15.1 Å². The smallest absolute Gasteiger partial charge is 0.257 e. The van der Waals surface area contributed by atoms with Gasteiger partial charge in [-0.3, -0.25) is 24.3 Å². The molecule has 0 aromatic heterocycles. The average Bonchev–Trinajstić information content (AvgIpc) is 3.35. The number of nitrogens with zero attached hydrogens (tertiary/aromatic N) is 2. The molecule has 9 nitrogen and oxygen atoms in total. The Morgan fingerprint density at radius 2 is 1.84 bits per heavy atom. The maximum atomic E-state index is 13.3. The number of carbonyl (C=O) groups is 3. The molecule has 2 aliphatic rings. The molecule has 0 radical (unpaired) electrons. The minimum absolute atomic E-state index is 0.0172. The third kappa shape index (κ3) is 5.51. The van der Waals surface area contributed by atoms with Gasteiger partial charge >= 0.3 is 0 Å². The monoisotopic (exact) mass is 542 g/mol. The van der Waals surface area contributed by atoms with E-state index in [9.17, 15) is 18.8 Å². The van der Waals surface area contributed by atoms with Gasteiger partial charge in [-0.1, -0.05) is 30.2 Å². The molecule has 11 heteroatoms. The molecule has 0 saturated carbocycles. The molecule has 38 heavy (non-hydrogen) atoms. The zero-order valence-corrected chi connectivity index (χ0v) is 22.1. The van der Waals surface area contributed by atoms with Crippen LogP contribution in [0.25, 0.3) is 0 Å². The molecule has 2 heterocycles. The zero-order chi connectivity index (χ0) is 27.5. The second kappa shape index (κ2) is 11.1. The third-order valence-electron chi connectivity index (χ3n) is 7.24. The van der Waals surface area contributed by atoms with Crippen LogP contribution in [-0.4, -0.2) is 60.2 Å². The van der Waals surface area contributed by atoms with E-state index in [1.165, 1.54) is 18.8 Å². The number of amides is 3. The van der Waals surface area contributed by atoms with Gasteiger partial charge in [0.25, 0.3) is 11.8 Å². The molecular formula is C27H32ClFN6O3. The fourth-order valence-corrected chi connectivity index (χ4v) is 5.21. The standard InChI is InChI=1S/C27H32ClFN6O3/c1-26(2,35-12-4-3-5-13-35)15-31-24(37)22-27(25(30)38,33-16-32-22)17-6-9-19(10-7-17)34-23(36)20-11-8-18(29)14-21(20)28/h6-11,14,16,22H,3-5,12-13,15H2,1-2H3,(H2,30,38)(H,31,37)(H,32,33)(H,34,36). The van der Waals surface area contributed by atoms with E-state index < -0.39 is 35.1 Å². The van der Waals surface area contributed by atoms with Gasteiger partial charge in [-0.2, -0.15) is 0 Å². The number of carbonyl (C=O) groups excluding carboxylic acids is 3. The van der Waals surface area contributed by atoms with Crippen LogP contribution in [0.2, 0.25) is 5.02 Å². The van der Waals surface area contributed by atoms with Crippen LogP contribution in [0.15, 0.2) is 47.5 Å². The molecule has 1 fully saturated rings. The number of benzene rings is 2. The van der Waals surface area contributed by atoms with Gasteiger partial charge in [0.15, 0.2) is 11.6 Å². The molecule has 1 saturated heterocycles. The van der Waals surface area contributed by atoms with Crippen molar-refractivity contribution in [1.29, 1.82) is 0 Å². The van der Waals surface area contributed by atoms with E-state index in [1.54, 1.807) is 24.3 Å². The summed E-state index contributed by atoms with van der Waals surface area (Å²) in [6.07, 6.45) is 4.79. The molecule has 3 amide bonds. The zero-order valence-electron chi connectivity index (χ0n) is 21.4. The first-order chi connectivity index (χ1) is 18.0. The maximum Gasteiger partial charge on any atom is 0.257 e. The highest BCUT2D eigenvalue weighted by Gasteiger charge is 2.52. The molecule has 0 aliphatic carbocycles. The van der Waals surface area contributed by atoms with E-state index in [4.69, 9.17) is 17.3 Å². The third-order valence-corrected chi connectivity index (χ3v) is 7.56. The highest BCUT2D eigenvalue weighted by atomic mass is 35.5. The predicted molar refractivity (Wildman–Crippen MR) is 145 cm³/mol. The second-order valence-corrected chi connectivity index (χ2v) is 10.6. The first kappa shape index (κ1) is 27.5. The Hall–Kier alpha value is -3.50. The van der Waals surface area contributed by atoms with Gasteiger partial charge in [-0.25, -0.2) is 4.39 Å². The lowest BCUT2D eigenvalue weighted by Crippen LogP contribution is -2.61. The number of aliphatic imine (C=N–C) groups is 1. The van der Waals surface area contributed by atoms with Gasteiger partial charge in [0.1, 0.15) is 5.82 Å². The van der Waals surface area contributed by atoms with Crippen molar-refractivity contribution in [2.45, 2.75) is 50.2 Å². The van der Waals surface area contributed by atoms with Crippen LogP contribution in [0.4, 0.5) is 10.1 Å². The minimum atomic E-state index is -1.60. The number of rotatable bonds is 8. The van der Waals surface area contributed by atoms with E-state index in [0.717, 1.165) is 38.1 Å². The molecule has 2 unspecified atom stereocenters. The summed E-state index contributed by atoms with van der Waals surface area (Å²) in [5.41, 5.74) is 4.91. The first-order valence-electron chi connectivity index (χ1n) is 12.5. The summed E-state index contributed by atoms with van der Waals surface area (Å²) in [5.74, 6) is -2.25. The topological polar surface area (TPSA) is 129 Å². The Kier molecular flexibility index (Phi) is 8.03. The van der Waals surface area contributed by atoms with Crippen LogP contribution in [0.5, 0.6) is 0 Å². The van der Waals surface area contributed by atoms with Gasteiger partial charge in [0.2, 0.25) is 5.91 Å². The molecule has 0 bridgehead atoms. The van der Waals surface area contributed by atoms with E-state index >= 15 is 0 Å². The van der Waals surface area contributed by atoms with Gasteiger partial charge in [0, 0.05) is 17.8 Å². The number of piperidine rings is 1. The highest BCUT2D eigenvalue weighted by Crippen LogP contribution is 2.32. The first-order valence-corrected chi connectivity index (χ1v) is 12.9.